The van der Waals surface area contributed by atoms with Crippen LogP contribution in [0.1, 0.15) is 24.8 Å². The SMILES string of the molecule is Cc1csc2c(N3CCC[C@@]4(CC3)CN(C)C(=O)O4)ncnc12. The lowest BCUT2D eigenvalue weighted by atomic mass is 9.95. The molecule has 2 aliphatic rings. The minimum Gasteiger partial charge on any atom is -0.441 e. The predicted octanol–water partition coefficient (Wildman–Crippen LogP) is 2.81. The number of rotatable bonds is 1. The monoisotopic (exact) mass is 332 g/mol. The normalized spacial score (nSPS) is 25.2. The number of amides is 1. The standard InChI is InChI=1S/C16H20N4O2S/c1-11-8-23-13-12(11)17-10-18-14(13)20-6-3-4-16(5-7-20)9-19(2)15(21)22-16/h8,10H,3-7,9H2,1-2H3/t16-/m1/s1. The van der Waals surface area contributed by atoms with Crippen LogP contribution in [0.25, 0.3) is 10.2 Å². The van der Waals surface area contributed by atoms with Crippen LogP contribution in [0.15, 0.2) is 11.7 Å². The summed E-state index contributed by atoms with van der Waals surface area (Å²) in [6.45, 7) is 4.56. The molecule has 0 N–H and O–H groups in total. The van der Waals surface area contributed by atoms with Gasteiger partial charge in [-0.15, -0.1) is 11.3 Å². The van der Waals surface area contributed by atoms with Crippen molar-refractivity contribution < 1.29 is 9.53 Å². The van der Waals surface area contributed by atoms with Crippen LogP contribution in [-0.4, -0.2) is 53.2 Å². The molecule has 0 radical (unpaired) electrons. The lowest BCUT2D eigenvalue weighted by molar-refractivity contribution is 0.0473. The van der Waals surface area contributed by atoms with Gasteiger partial charge >= 0.3 is 6.09 Å². The van der Waals surface area contributed by atoms with Crippen molar-refractivity contribution in [3.8, 4) is 0 Å². The molecule has 23 heavy (non-hydrogen) atoms. The minimum atomic E-state index is -0.321. The maximum absolute atomic E-state index is 11.8. The van der Waals surface area contributed by atoms with Gasteiger partial charge in [-0.05, 0) is 30.7 Å². The highest BCUT2D eigenvalue weighted by atomic mass is 32.1. The number of thiophene rings is 1. The van der Waals surface area contributed by atoms with Crippen LogP contribution in [0.2, 0.25) is 0 Å². The van der Waals surface area contributed by atoms with Crippen LogP contribution >= 0.6 is 11.3 Å². The Morgan fingerprint density at radius 3 is 2.96 bits per heavy atom. The molecule has 6 nitrogen and oxygen atoms in total. The van der Waals surface area contributed by atoms with Crippen molar-refractivity contribution in [3.05, 3.63) is 17.3 Å². The summed E-state index contributed by atoms with van der Waals surface area (Å²) in [5.74, 6) is 1.02. The van der Waals surface area contributed by atoms with Gasteiger partial charge in [-0.1, -0.05) is 0 Å². The average molecular weight is 332 g/mol. The predicted molar refractivity (Wildman–Crippen MR) is 90.1 cm³/mol. The van der Waals surface area contributed by atoms with Crippen molar-refractivity contribution in [2.75, 3.05) is 31.6 Å². The van der Waals surface area contributed by atoms with E-state index >= 15 is 0 Å². The number of likely N-dealkylation sites (N-methyl/N-ethyl adjacent to an activating group) is 1. The third-order valence-corrected chi connectivity index (χ3v) is 5.93. The Bertz CT molecular complexity index is 762. The Morgan fingerprint density at radius 1 is 1.30 bits per heavy atom. The van der Waals surface area contributed by atoms with Gasteiger partial charge in [0.15, 0.2) is 0 Å². The number of hydrogen-bond donors (Lipinski definition) is 0. The fourth-order valence-electron chi connectivity index (χ4n) is 3.61. The number of aromatic nitrogens is 2. The van der Waals surface area contributed by atoms with E-state index in [4.69, 9.17) is 4.74 Å². The molecule has 7 heteroatoms. The molecule has 0 aliphatic carbocycles. The van der Waals surface area contributed by atoms with E-state index in [9.17, 15) is 4.79 Å². The van der Waals surface area contributed by atoms with E-state index in [-0.39, 0.29) is 11.7 Å². The molecule has 2 saturated heterocycles. The number of aryl methyl sites for hydroxylation is 1. The number of hydrogen-bond acceptors (Lipinski definition) is 6. The molecule has 122 valence electrons. The second-order valence-corrected chi connectivity index (χ2v) is 7.42. The molecule has 2 aromatic heterocycles. The minimum absolute atomic E-state index is 0.197. The summed E-state index contributed by atoms with van der Waals surface area (Å²) in [5.41, 5.74) is 1.93. The zero-order chi connectivity index (χ0) is 16.0. The van der Waals surface area contributed by atoms with Crippen LogP contribution in [0.3, 0.4) is 0 Å². The van der Waals surface area contributed by atoms with Crippen molar-refractivity contribution in [2.24, 2.45) is 0 Å². The molecule has 1 amide bonds. The molecular formula is C16H20N4O2S. The van der Waals surface area contributed by atoms with E-state index in [0.29, 0.717) is 6.54 Å². The number of ether oxygens (including phenoxy) is 1. The van der Waals surface area contributed by atoms with Crippen LogP contribution < -0.4 is 4.90 Å². The summed E-state index contributed by atoms with van der Waals surface area (Å²) in [6.07, 6.45) is 4.21. The fourth-order valence-corrected chi connectivity index (χ4v) is 4.63. The van der Waals surface area contributed by atoms with Crippen molar-refractivity contribution in [3.63, 3.8) is 0 Å². The third kappa shape index (κ3) is 2.43. The molecule has 0 unspecified atom stereocenters. The quantitative estimate of drug-likeness (QED) is 0.804. The molecule has 0 aromatic carbocycles. The van der Waals surface area contributed by atoms with Gasteiger partial charge in [0.1, 0.15) is 17.7 Å². The maximum atomic E-state index is 11.8. The van der Waals surface area contributed by atoms with Crippen LogP contribution in [0, 0.1) is 6.92 Å². The lowest BCUT2D eigenvalue weighted by Gasteiger charge is -2.25. The van der Waals surface area contributed by atoms with Crippen molar-refractivity contribution in [2.45, 2.75) is 31.8 Å². The van der Waals surface area contributed by atoms with Crippen molar-refractivity contribution in [1.29, 1.82) is 0 Å². The van der Waals surface area contributed by atoms with Gasteiger partial charge in [0.2, 0.25) is 0 Å². The van der Waals surface area contributed by atoms with E-state index in [0.717, 1.165) is 48.4 Å². The smallest absolute Gasteiger partial charge is 0.410 e. The zero-order valence-electron chi connectivity index (χ0n) is 13.4. The first-order chi connectivity index (χ1) is 11.1. The highest BCUT2D eigenvalue weighted by molar-refractivity contribution is 7.18. The lowest BCUT2D eigenvalue weighted by Crippen LogP contribution is -2.35. The van der Waals surface area contributed by atoms with Gasteiger partial charge in [-0.3, -0.25) is 0 Å². The molecule has 2 aromatic rings. The molecule has 2 fully saturated rings. The molecule has 2 aliphatic heterocycles. The second-order valence-electron chi connectivity index (χ2n) is 6.54. The highest BCUT2D eigenvalue weighted by Crippen LogP contribution is 2.36. The average Bonchev–Trinajstić information content (AvgIpc) is 2.96. The number of anilines is 1. The molecule has 0 saturated carbocycles. The first-order valence-corrected chi connectivity index (χ1v) is 8.84. The first kappa shape index (κ1) is 14.7. The van der Waals surface area contributed by atoms with Crippen LogP contribution in [0.5, 0.6) is 0 Å². The van der Waals surface area contributed by atoms with Crippen LogP contribution in [0.4, 0.5) is 10.6 Å². The molecule has 1 atom stereocenters. The number of carbonyl (C=O) groups excluding carboxylic acids is 1. The molecule has 1 spiro atoms. The van der Waals surface area contributed by atoms with Gasteiger partial charge in [0.05, 0.1) is 16.8 Å². The second kappa shape index (κ2) is 5.33. The molecule has 0 bridgehead atoms. The van der Waals surface area contributed by atoms with Gasteiger partial charge in [0.25, 0.3) is 0 Å². The number of nitrogens with zero attached hydrogens (tertiary/aromatic N) is 4. The zero-order valence-corrected chi connectivity index (χ0v) is 14.2. The summed E-state index contributed by atoms with van der Waals surface area (Å²) in [6, 6.07) is 0. The van der Waals surface area contributed by atoms with E-state index in [2.05, 4.69) is 27.2 Å². The topological polar surface area (TPSA) is 58.6 Å². The van der Waals surface area contributed by atoms with Gasteiger partial charge < -0.3 is 14.5 Å². The van der Waals surface area contributed by atoms with E-state index < -0.39 is 0 Å². The molecular weight excluding hydrogens is 312 g/mol. The number of fused-ring (bicyclic) bond motifs is 1. The van der Waals surface area contributed by atoms with E-state index in [1.807, 2.05) is 7.05 Å². The van der Waals surface area contributed by atoms with Crippen molar-refractivity contribution >= 4 is 33.5 Å². The maximum Gasteiger partial charge on any atom is 0.410 e. The molecule has 4 heterocycles. The largest absolute Gasteiger partial charge is 0.441 e. The Hall–Kier alpha value is -1.89. The summed E-state index contributed by atoms with van der Waals surface area (Å²) >= 11 is 1.71. The van der Waals surface area contributed by atoms with Gasteiger partial charge in [0, 0.05) is 26.6 Å². The number of carbonyl (C=O) groups is 1. The Morgan fingerprint density at radius 2 is 2.17 bits per heavy atom. The van der Waals surface area contributed by atoms with Crippen molar-refractivity contribution in [1.82, 2.24) is 14.9 Å². The summed E-state index contributed by atoms with van der Waals surface area (Å²) in [5, 5.41) is 2.13. The Balaban J connectivity index is 1.60. The third-order valence-electron chi connectivity index (χ3n) is 4.85. The fraction of sp³-hybridized carbons (Fsp3) is 0.562. The van der Waals surface area contributed by atoms with Crippen LogP contribution in [-0.2, 0) is 4.74 Å². The van der Waals surface area contributed by atoms with E-state index in [1.54, 1.807) is 22.6 Å². The summed E-state index contributed by atoms with van der Waals surface area (Å²) in [4.78, 5) is 24.7. The van der Waals surface area contributed by atoms with Gasteiger partial charge in [-0.2, -0.15) is 0 Å². The van der Waals surface area contributed by atoms with E-state index in [1.165, 1.54) is 5.56 Å². The van der Waals surface area contributed by atoms with Gasteiger partial charge in [-0.25, -0.2) is 14.8 Å². The summed E-state index contributed by atoms with van der Waals surface area (Å²) < 4.78 is 6.84. The molecule has 4 rings (SSSR count). The Kier molecular flexibility index (Phi) is 3.41. The summed E-state index contributed by atoms with van der Waals surface area (Å²) in [7, 11) is 1.81. The Labute approximate surface area is 139 Å². The highest BCUT2D eigenvalue weighted by Gasteiger charge is 2.44. The first-order valence-electron chi connectivity index (χ1n) is 7.96.